The van der Waals surface area contributed by atoms with Gasteiger partial charge in [-0.25, -0.2) is 9.59 Å². The van der Waals surface area contributed by atoms with Gasteiger partial charge in [0, 0.05) is 24.4 Å². The number of carboxylic acids is 2. The van der Waals surface area contributed by atoms with Crippen LogP contribution in [-0.2, 0) is 9.59 Å². The number of hydrogen-bond donors (Lipinski definition) is 2. The van der Waals surface area contributed by atoms with E-state index in [-0.39, 0.29) is 0 Å². The van der Waals surface area contributed by atoms with E-state index in [0.29, 0.717) is 12.2 Å². The van der Waals surface area contributed by atoms with E-state index in [1.165, 1.54) is 11.5 Å². The number of fused-ring (bicyclic) bond motifs is 1. The first-order chi connectivity index (χ1) is 8.50. The molecule has 0 aromatic heterocycles. The van der Waals surface area contributed by atoms with Crippen LogP contribution < -0.4 is 0 Å². The molecule has 2 N–H and O–H groups in total. The van der Waals surface area contributed by atoms with E-state index in [9.17, 15) is 9.59 Å². The second kappa shape index (κ2) is 6.85. The molecule has 0 spiro atoms. The Labute approximate surface area is 109 Å². The van der Waals surface area contributed by atoms with Gasteiger partial charge in [-0.15, -0.1) is 11.8 Å². The van der Waals surface area contributed by atoms with Gasteiger partial charge < -0.3 is 15.1 Å². The van der Waals surface area contributed by atoms with Crippen molar-refractivity contribution >= 4 is 29.5 Å². The van der Waals surface area contributed by atoms with Gasteiger partial charge in [-0.05, 0) is 12.3 Å². The zero-order chi connectivity index (χ0) is 13.5. The predicted octanol–water partition coefficient (Wildman–Crippen LogP) is 1.02. The minimum atomic E-state index is -1.26. The first-order valence-corrected chi connectivity index (χ1v) is 6.28. The van der Waals surface area contributed by atoms with Gasteiger partial charge in [-0.2, -0.15) is 0 Å². The van der Waals surface area contributed by atoms with Crippen molar-refractivity contribution in [2.24, 2.45) is 4.99 Å². The summed E-state index contributed by atoms with van der Waals surface area (Å²) in [7, 11) is 0. The number of carbonyl (C=O) groups is 2. The fourth-order valence-corrected chi connectivity index (χ4v) is 2.29. The molecule has 0 fully saturated rings. The molecule has 18 heavy (non-hydrogen) atoms. The van der Waals surface area contributed by atoms with Crippen LogP contribution in [0.3, 0.4) is 0 Å². The quantitative estimate of drug-likeness (QED) is 0.728. The van der Waals surface area contributed by atoms with Crippen LogP contribution in [0.2, 0.25) is 0 Å². The van der Waals surface area contributed by atoms with Crippen LogP contribution in [0.4, 0.5) is 0 Å². The van der Waals surface area contributed by atoms with E-state index in [2.05, 4.69) is 22.2 Å². The van der Waals surface area contributed by atoms with Crippen LogP contribution in [0.5, 0.6) is 0 Å². The Bertz CT molecular complexity index is 413. The molecule has 0 saturated heterocycles. The second-order valence-electron chi connectivity index (χ2n) is 3.53. The molecule has 6 nitrogen and oxygen atoms in total. The third-order valence-corrected chi connectivity index (χ3v) is 3.12. The van der Waals surface area contributed by atoms with Gasteiger partial charge >= 0.3 is 11.9 Å². The topological polar surface area (TPSA) is 90.2 Å². The van der Waals surface area contributed by atoms with Crippen LogP contribution in [0.25, 0.3) is 0 Å². The summed E-state index contributed by atoms with van der Waals surface area (Å²) in [6.07, 6.45) is 1.12. The van der Waals surface area contributed by atoms with E-state index in [4.69, 9.17) is 10.2 Å². The summed E-state index contributed by atoms with van der Waals surface area (Å²) in [6.45, 7) is 4.23. The van der Waals surface area contributed by atoms with Gasteiger partial charge in [-0.1, -0.05) is 0 Å². The molecule has 0 unspecified atom stereocenters. The maximum Gasteiger partial charge on any atom is 0.328 e. The highest BCUT2D eigenvalue weighted by molar-refractivity contribution is 8.02. The summed E-state index contributed by atoms with van der Waals surface area (Å²) < 4.78 is 0. The first kappa shape index (κ1) is 14.3. The minimum absolute atomic E-state index is 0.558. The highest BCUT2D eigenvalue weighted by Gasteiger charge is 2.20. The van der Waals surface area contributed by atoms with Gasteiger partial charge in [0.15, 0.2) is 0 Å². The van der Waals surface area contributed by atoms with E-state index in [0.717, 1.165) is 18.8 Å². The minimum Gasteiger partial charge on any atom is -0.478 e. The van der Waals surface area contributed by atoms with Crippen LogP contribution >= 0.6 is 11.8 Å². The maximum absolute atomic E-state index is 9.55. The van der Waals surface area contributed by atoms with Crippen molar-refractivity contribution in [1.82, 2.24) is 4.90 Å². The molecule has 0 bridgehead atoms. The van der Waals surface area contributed by atoms with Gasteiger partial charge in [0.1, 0.15) is 5.84 Å². The van der Waals surface area contributed by atoms with Crippen molar-refractivity contribution < 1.29 is 19.8 Å². The number of aliphatic imine (C=N–C) groups is 1. The van der Waals surface area contributed by atoms with Crippen LogP contribution in [-0.4, -0.2) is 51.7 Å². The number of aliphatic carboxylic acids is 2. The van der Waals surface area contributed by atoms with Crippen molar-refractivity contribution in [2.75, 3.05) is 18.8 Å². The molecule has 0 amide bonds. The van der Waals surface area contributed by atoms with Crippen molar-refractivity contribution in [3.63, 3.8) is 0 Å². The van der Waals surface area contributed by atoms with Gasteiger partial charge in [0.2, 0.25) is 0 Å². The summed E-state index contributed by atoms with van der Waals surface area (Å²) in [4.78, 5) is 25.8. The summed E-state index contributed by atoms with van der Waals surface area (Å²) in [5, 5.41) is 17.8. The number of nitrogens with zero attached hydrogens (tertiary/aromatic N) is 2. The third-order valence-electron chi connectivity index (χ3n) is 2.19. The Morgan fingerprint density at radius 1 is 1.39 bits per heavy atom. The van der Waals surface area contributed by atoms with Crippen LogP contribution in [0.15, 0.2) is 28.2 Å². The zero-order valence-electron chi connectivity index (χ0n) is 9.87. The van der Waals surface area contributed by atoms with Gasteiger partial charge in [0.05, 0.1) is 12.3 Å². The molecule has 0 aromatic carbocycles. The van der Waals surface area contributed by atoms with Crippen molar-refractivity contribution in [3.8, 4) is 0 Å². The third kappa shape index (κ3) is 4.62. The van der Waals surface area contributed by atoms with E-state index in [1.807, 2.05) is 11.8 Å². The Kier molecular flexibility index (Phi) is 5.44. The molecule has 0 saturated carbocycles. The molecule has 0 atom stereocenters. The van der Waals surface area contributed by atoms with E-state index < -0.39 is 11.9 Å². The standard InChI is InChI=1S/C7H10N2S.C4H4O4/c1-6-4-10-5-7-8-2-3-9(6)7;5-3(6)1-2-4(7)8/h4H,2-3,5H2,1H3;1-2H,(H,5,6)(H,7,8). The molecule has 0 aliphatic carbocycles. The first-order valence-electron chi connectivity index (χ1n) is 5.24. The summed E-state index contributed by atoms with van der Waals surface area (Å²) in [6, 6.07) is 0. The van der Waals surface area contributed by atoms with Crippen molar-refractivity contribution in [1.29, 1.82) is 0 Å². The average molecular weight is 270 g/mol. The highest BCUT2D eigenvalue weighted by atomic mass is 32.2. The molecular formula is C11H14N2O4S. The van der Waals surface area contributed by atoms with Crippen molar-refractivity contribution in [2.45, 2.75) is 6.92 Å². The molecule has 2 rings (SSSR count). The highest BCUT2D eigenvalue weighted by Crippen LogP contribution is 2.22. The second-order valence-corrected chi connectivity index (χ2v) is 4.39. The Morgan fingerprint density at radius 2 is 2.00 bits per heavy atom. The number of hydrogen-bond acceptors (Lipinski definition) is 5. The fourth-order valence-electron chi connectivity index (χ4n) is 1.44. The van der Waals surface area contributed by atoms with Crippen LogP contribution in [0, 0.1) is 0 Å². The Morgan fingerprint density at radius 3 is 2.50 bits per heavy atom. The molecule has 2 aliphatic rings. The maximum atomic E-state index is 9.55. The van der Waals surface area contributed by atoms with Gasteiger partial charge in [-0.3, -0.25) is 4.99 Å². The zero-order valence-corrected chi connectivity index (χ0v) is 10.7. The lowest BCUT2D eigenvalue weighted by atomic mass is 10.4. The molecule has 2 aliphatic heterocycles. The lowest BCUT2D eigenvalue weighted by molar-refractivity contribution is -0.134. The summed E-state index contributed by atoms with van der Waals surface area (Å²) in [5.74, 6) is -0.179. The monoisotopic (exact) mass is 270 g/mol. The molecule has 7 heteroatoms. The van der Waals surface area contributed by atoms with E-state index >= 15 is 0 Å². The lowest BCUT2D eigenvalue weighted by Gasteiger charge is -2.23. The lowest BCUT2D eigenvalue weighted by Crippen LogP contribution is -2.29. The van der Waals surface area contributed by atoms with Crippen LogP contribution in [0.1, 0.15) is 6.92 Å². The summed E-state index contributed by atoms with van der Waals surface area (Å²) >= 11 is 1.84. The van der Waals surface area contributed by atoms with Gasteiger partial charge in [0.25, 0.3) is 0 Å². The van der Waals surface area contributed by atoms with Crippen molar-refractivity contribution in [3.05, 3.63) is 23.3 Å². The number of thioether (sulfide) groups is 1. The molecular weight excluding hydrogens is 256 g/mol. The molecule has 0 radical (unpaired) electrons. The molecule has 98 valence electrons. The number of allylic oxidation sites excluding steroid dienone is 1. The number of amidine groups is 1. The fraction of sp³-hybridized carbons (Fsp3) is 0.364. The van der Waals surface area contributed by atoms with E-state index in [1.54, 1.807) is 0 Å². The normalized spacial score (nSPS) is 17.5. The number of rotatable bonds is 2. The smallest absolute Gasteiger partial charge is 0.328 e. The average Bonchev–Trinajstić information content (AvgIpc) is 2.77. The Hall–Kier alpha value is -1.76. The Balaban J connectivity index is 0.000000187. The number of carboxylic acid groups (broad SMARTS) is 2. The largest absolute Gasteiger partial charge is 0.478 e. The summed E-state index contributed by atoms with van der Waals surface area (Å²) in [5.41, 5.74) is 1.35. The predicted molar refractivity (Wildman–Crippen MR) is 69.6 cm³/mol. The molecule has 0 aromatic rings. The molecule has 2 heterocycles. The SMILES string of the molecule is CC1=CSCC2=NCCN12.O=C(O)C=CC(=O)O.